The lowest BCUT2D eigenvalue weighted by Crippen LogP contribution is -2.30. The molecular formula is C26H22O4S. The van der Waals surface area contributed by atoms with Crippen molar-refractivity contribution < 1.29 is 17.9 Å². The van der Waals surface area contributed by atoms with Crippen LogP contribution in [0.5, 0.6) is 5.75 Å². The van der Waals surface area contributed by atoms with Crippen molar-refractivity contribution >= 4 is 26.4 Å². The molecule has 0 aliphatic heterocycles. The average Bonchev–Trinajstić information content (AvgIpc) is 2.82. The van der Waals surface area contributed by atoms with Gasteiger partial charge >= 0.3 is 0 Å². The summed E-state index contributed by atoms with van der Waals surface area (Å²) in [6.45, 7) is 0. The van der Waals surface area contributed by atoms with E-state index in [4.69, 9.17) is 4.74 Å². The van der Waals surface area contributed by atoms with E-state index in [1.54, 1.807) is 48.5 Å². The summed E-state index contributed by atoms with van der Waals surface area (Å²) in [5.41, 5.74) is 0.524. The van der Waals surface area contributed by atoms with Gasteiger partial charge in [-0.1, -0.05) is 78.9 Å². The molecule has 156 valence electrons. The lowest BCUT2D eigenvalue weighted by molar-refractivity contribution is 0.0789. The van der Waals surface area contributed by atoms with Crippen molar-refractivity contribution in [3.05, 3.63) is 109 Å². The number of carbonyl (C=O) groups excluding carboxylic acids is 1. The molecule has 0 saturated carbocycles. The lowest BCUT2D eigenvalue weighted by Gasteiger charge is -2.19. The Morgan fingerprint density at radius 3 is 2.10 bits per heavy atom. The van der Waals surface area contributed by atoms with Crippen LogP contribution in [-0.4, -0.2) is 26.1 Å². The van der Waals surface area contributed by atoms with Crippen molar-refractivity contribution in [2.45, 2.75) is 17.4 Å². The first-order chi connectivity index (χ1) is 15.0. The zero-order valence-corrected chi connectivity index (χ0v) is 17.7. The van der Waals surface area contributed by atoms with Gasteiger partial charge in [-0.15, -0.1) is 0 Å². The molecule has 0 aliphatic rings. The fourth-order valence-electron chi connectivity index (χ4n) is 3.53. The number of para-hydroxylation sites is 1. The highest BCUT2D eigenvalue weighted by atomic mass is 32.2. The van der Waals surface area contributed by atoms with E-state index in [2.05, 4.69) is 0 Å². The van der Waals surface area contributed by atoms with Crippen LogP contribution in [0.25, 0.3) is 10.8 Å². The van der Waals surface area contributed by atoms with Crippen LogP contribution in [0.15, 0.2) is 108 Å². The minimum absolute atomic E-state index is 0.0498. The first-order valence-electron chi connectivity index (χ1n) is 10.1. The minimum atomic E-state index is -3.54. The lowest BCUT2D eigenvalue weighted by atomic mass is 9.97. The molecule has 5 heteroatoms. The van der Waals surface area contributed by atoms with Gasteiger partial charge in [0.2, 0.25) is 5.78 Å². The molecule has 0 aliphatic carbocycles. The fourth-order valence-corrected chi connectivity index (χ4v) is 4.86. The molecule has 0 radical (unpaired) electrons. The van der Waals surface area contributed by atoms with E-state index in [1.807, 2.05) is 54.6 Å². The van der Waals surface area contributed by atoms with Crippen molar-refractivity contribution in [3.63, 3.8) is 0 Å². The van der Waals surface area contributed by atoms with Gasteiger partial charge in [0.15, 0.2) is 15.9 Å². The summed E-state index contributed by atoms with van der Waals surface area (Å²) in [7, 11) is -3.54. The number of carbonyl (C=O) groups is 1. The standard InChI is InChI=1S/C26H22O4S/c27-26(24-17-9-11-20-10-7-8-16-23(20)24)25(30-21-12-3-1-4-13-21)18-19-31(28,29)22-14-5-2-6-15-22/h1-17,25H,18-19H2/t25-/m1/s1. The van der Waals surface area contributed by atoms with Gasteiger partial charge in [-0.3, -0.25) is 4.79 Å². The summed E-state index contributed by atoms with van der Waals surface area (Å²) in [6.07, 6.45) is -0.875. The third kappa shape index (κ3) is 4.84. The SMILES string of the molecule is O=C(c1cccc2ccccc12)[C@@H](CCS(=O)(=O)c1ccccc1)Oc1ccccc1. The Balaban J connectivity index is 1.65. The molecule has 1 atom stereocenters. The van der Waals surface area contributed by atoms with Crippen molar-refractivity contribution in [3.8, 4) is 5.75 Å². The molecule has 4 aromatic carbocycles. The number of hydrogen-bond acceptors (Lipinski definition) is 4. The Morgan fingerprint density at radius 2 is 1.35 bits per heavy atom. The van der Waals surface area contributed by atoms with Gasteiger partial charge in [0, 0.05) is 12.0 Å². The highest BCUT2D eigenvalue weighted by Gasteiger charge is 2.26. The number of benzene rings is 4. The number of Topliss-reactive ketones (excluding diaryl/α,β-unsaturated/α-hetero) is 1. The second kappa shape index (κ2) is 9.14. The Hall–Kier alpha value is -3.44. The Morgan fingerprint density at radius 1 is 0.742 bits per heavy atom. The Labute approximate surface area is 182 Å². The van der Waals surface area contributed by atoms with Crippen LogP contribution in [0.1, 0.15) is 16.8 Å². The van der Waals surface area contributed by atoms with Crippen LogP contribution < -0.4 is 4.74 Å². The summed E-state index contributed by atoms with van der Waals surface area (Å²) in [5.74, 6) is 0.104. The first-order valence-corrected chi connectivity index (χ1v) is 11.7. The topological polar surface area (TPSA) is 60.4 Å². The van der Waals surface area contributed by atoms with E-state index in [0.717, 1.165) is 10.8 Å². The van der Waals surface area contributed by atoms with Crippen molar-refractivity contribution in [1.82, 2.24) is 0 Å². The van der Waals surface area contributed by atoms with Crippen LogP contribution in [0.3, 0.4) is 0 Å². The molecule has 0 N–H and O–H groups in total. The second-order valence-corrected chi connectivity index (χ2v) is 9.34. The zero-order valence-electron chi connectivity index (χ0n) is 16.8. The van der Waals surface area contributed by atoms with E-state index in [9.17, 15) is 13.2 Å². The van der Waals surface area contributed by atoms with Gasteiger partial charge in [-0.2, -0.15) is 0 Å². The molecule has 4 aromatic rings. The molecule has 0 aromatic heterocycles. The molecule has 0 spiro atoms. The fraction of sp³-hybridized carbons (Fsp3) is 0.115. The number of fused-ring (bicyclic) bond motifs is 1. The molecule has 0 heterocycles. The molecule has 0 fully saturated rings. The maximum atomic E-state index is 13.5. The monoisotopic (exact) mass is 430 g/mol. The Bertz CT molecular complexity index is 1280. The second-order valence-electron chi connectivity index (χ2n) is 7.23. The average molecular weight is 431 g/mol. The number of hydrogen-bond donors (Lipinski definition) is 0. The number of rotatable bonds is 8. The summed E-state index contributed by atoms with van der Waals surface area (Å²) in [6, 6.07) is 30.4. The van der Waals surface area contributed by atoms with Gasteiger partial charge < -0.3 is 4.74 Å². The van der Waals surface area contributed by atoms with E-state index in [-0.39, 0.29) is 22.9 Å². The first kappa shape index (κ1) is 20.8. The Kier molecular flexibility index (Phi) is 6.14. The molecule has 0 amide bonds. The number of ketones is 1. The van der Waals surface area contributed by atoms with Crippen LogP contribution in [0, 0.1) is 0 Å². The van der Waals surface area contributed by atoms with Gasteiger partial charge in [-0.05, 0) is 35.0 Å². The molecule has 0 unspecified atom stereocenters. The largest absolute Gasteiger partial charge is 0.482 e. The van der Waals surface area contributed by atoms with Crippen molar-refractivity contribution in [2.24, 2.45) is 0 Å². The molecular weight excluding hydrogens is 408 g/mol. The number of sulfone groups is 1. The summed E-state index contributed by atoms with van der Waals surface area (Å²) < 4.78 is 31.6. The molecule has 31 heavy (non-hydrogen) atoms. The molecule has 0 saturated heterocycles. The van der Waals surface area contributed by atoms with Gasteiger partial charge in [0.1, 0.15) is 5.75 Å². The van der Waals surface area contributed by atoms with Gasteiger partial charge in [0.25, 0.3) is 0 Å². The third-order valence-electron chi connectivity index (χ3n) is 5.12. The van der Waals surface area contributed by atoms with E-state index in [1.165, 1.54) is 0 Å². The highest BCUT2D eigenvalue weighted by molar-refractivity contribution is 7.91. The van der Waals surface area contributed by atoms with Crippen molar-refractivity contribution in [2.75, 3.05) is 5.75 Å². The normalized spacial score (nSPS) is 12.4. The predicted octanol–water partition coefficient (Wildman–Crippen LogP) is 5.33. The number of ether oxygens (including phenoxy) is 1. The maximum Gasteiger partial charge on any atom is 0.203 e. The minimum Gasteiger partial charge on any atom is -0.482 e. The van der Waals surface area contributed by atoms with Crippen molar-refractivity contribution in [1.29, 1.82) is 0 Å². The zero-order chi connectivity index (χ0) is 21.7. The van der Waals surface area contributed by atoms with Gasteiger partial charge in [-0.25, -0.2) is 8.42 Å². The maximum absolute atomic E-state index is 13.5. The van der Waals surface area contributed by atoms with Crippen LogP contribution in [0.2, 0.25) is 0 Å². The predicted molar refractivity (Wildman–Crippen MR) is 122 cm³/mol. The molecule has 0 bridgehead atoms. The van der Waals surface area contributed by atoms with Crippen LogP contribution >= 0.6 is 0 Å². The summed E-state index contributed by atoms with van der Waals surface area (Å²) >= 11 is 0. The van der Waals surface area contributed by atoms with E-state index in [0.29, 0.717) is 11.3 Å². The molecule has 4 rings (SSSR count). The smallest absolute Gasteiger partial charge is 0.203 e. The van der Waals surface area contributed by atoms with E-state index >= 15 is 0 Å². The van der Waals surface area contributed by atoms with Crippen LogP contribution in [0.4, 0.5) is 0 Å². The molecule has 4 nitrogen and oxygen atoms in total. The quantitative estimate of drug-likeness (QED) is 0.354. The van der Waals surface area contributed by atoms with E-state index < -0.39 is 15.9 Å². The third-order valence-corrected chi connectivity index (χ3v) is 6.88. The van der Waals surface area contributed by atoms with Crippen LogP contribution in [-0.2, 0) is 9.84 Å². The van der Waals surface area contributed by atoms with Gasteiger partial charge in [0.05, 0.1) is 10.6 Å². The highest BCUT2D eigenvalue weighted by Crippen LogP contribution is 2.24. The summed E-state index contributed by atoms with van der Waals surface area (Å²) in [5, 5.41) is 1.77. The summed E-state index contributed by atoms with van der Waals surface area (Å²) in [4.78, 5) is 13.7.